The van der Waals surface area contributed by atoms with Crippen molar-refractivity contribution in [3.63, 3.8) is 0 Å². The average molecular weight is 316 g/mol. The molecule has 0 unspecified atom stereocenters. The maximum atomic E-state index is 11.8. The minimum Gasteiger partial charge on any atom is -0.454 e. The first kappa shape index (κ1) is 17.7. The third-order valence-corrected chi connectivity index (χ3v) is 4.86. The van der Waals surface area contributed by atoms with Crippen LogP contribution < -0.4 is 0 Å². The molecule has 3 heteroatoms. The molecule has 3 nitrogen and oxygen atoms in total. The Morgan fingerprint density at radius 1 is 1.17 bits per heavy atom. The number of rotatable bonds is 0. The summed E-state index contributed by atoms with van der Waals surface area (Å²) >= 11 is 0. The topological polar surface area (TPSA) is 46.5 Å². The van der Waals surface area contributed by atoms with Crippen molar-refractivity contribution in [3.8, 4) is 0 Å². The number of allylic oxidation sites excluding steroid dienone is 4. The third-order valence-electron chi connectivity index (χ3n) is 4.86. The first-order chi connectivity index (χ1) is 10.9. The zero-order valence-electron chi connectivity index (χ0n) is 14.5. The summed E-state index contributed by atoms with van der Waals surface area (Å²) in [5.41, 5.74) is 4.06. The number of fused-ring (bicyclic) bond motifs is 1. The molecule has 1 aliphatic heterocycles. The smallest absolute Gasteiger partial charge is 0.334 e. The van der Waals surface area contributed by atoms with Crippen LogP contribution in [-0.4, -0.2) is 23.3 Å². The first-order valence-electron chi connectivity index (χ1n) is 8.46. The number of ether oxygens (including phenoxy) is 1. The standard InChI is InChI=1S/C20H28O3/c1-13-6-5-7-14(2)12-19-17(16(4)20(22)23-19)10-9-15(3)18(21)11-8-13/h6,9,12,17-19,21H,4-5,7-8,10-11H2,1-3H3/b13-6+,14-12+,15-9-/t17-,18-,19-/m0/s1. The second kappa shape index (κ2) is 7.78. The normalized spacial score (nSPS) is 37.4. The summed E-state index contributed by atoms with van der Waals surface area (Å²) in [6.07, 6.45) is 9.95. The van der Waals surface area contributed by atoms with Crippen LogP contribution in [-0.2, 0) is 9.53 Å². The average Bonchev–Trinajstić information content (AvgIpc) is 2.76. The van der Waals surface area contributed by atoms with Gasteiger partial charge in [0.25, 0.3) is 0 Å². The fourth-order valence-electron chi connectivity index (χ4n) is 3.11. The third kappa shape index (κ3) is 4.68. The van der Waals surface area contributed by atoms with Gasteiger partial charge in [0.1, 0.15) is 6.10 Å². The lowest BCUT2D eigenvalue weighted by molar-refractivity contribution is -0.137. The number of carbonyl (C=O) groups excluding carboxylic acids is 1. The number of hydrogen-bond acceptors (Lipinski definition) is 3. The Hall–Kier alpha value is -1.61. The fraction of sp³-hybridized carbons (Fsp3) is 0.550. The van der Waals surface area contributed by atoms with Gasteiger partial charge in [-0.1, -0.05) is 29.9 Å². The maximum absolute atomic E-state index is 11.8. The second-order valence-electron chi connectivity index (χ2n) is 6.84. The van der Waals surface area contributed by atoms with E-state index in [1.807, 2.05) is 13.0 Å². The molecular weight excluding hydrogens is 288 g/mol. The van der Waals surface area contributed by atoms with Gasteiger partial charge in [-0.3, -0.25) is 0 Å². The largest absolute Gasteiger partial charge is 0.454 e. The summed E-state index contributed by atoms with van der Waals surface area (Å²) in [5.74, 6) is -0.324. The van der Waals surface area contributed by atoms with Crippen molar-refractivity contribution in [1.29, 1.82) is 0 Å². The quantitative estimate of drug-likeness (QED) is 0.413. The second-order valence-corrected chi connectivity index (χ2v) is 6.84. The van der Waals surface area contributed by atoms with Crippen LogP contribution in [0, 0.1) is 5.92 Å². The van der Waals surface area contributed by atoms with Gasteiger partial charge < -0.3 is 9.84 Å². The van der Waals surface area contributed by atoms with Gasteiger partial charge in [-0.2, -0.15) is 0 Å². The Balaban J connectivity index is 2.26. The Labute approximate surface area is 139 Å². The number of hydrogen-bond donors (Lipinski definition) is 1. The zero-order valence-corrected chi connectivity index (χ0v) is 14.5. The van der Waals surface area contributed by atoms with E-state index in [0.717, 1.165) is 31.3 Å². The molecule has 23 heavy (non-hydrogen) atoms. The van der Waals surface area contributed by atoms with Crippen LogP contribution in [0.1, 0.15) is 52.9 Å². The van der Waals surface area contributed by atoms with Crippen molar-refractivity contribution in [2.24, 2.45) is 5.92 Å². The number of esters is 1. The van der Waals surface area contributed by atoms with E-state index in [-0.39, 0.29) is 18.0 Å². The summed E-state index contributed by atoms with van der Waals surface area (Å²) in [4.78, 5) is 11.8. The summed E-state index contributed by atoms with van der Waals surface area (Å²) in [7, 11) is 0. The van der Waals surface area contributed by atoms with Crippen molar-refractivity contribution in [2.75, 3.05) is 0 Å². The van der Waals surface area contributed by atoms with Gasteiger partial charge >= 0.3 is 5.97 Å². The Morgan fingerprint density at radius 3 is 2.65 bits per heavy atom. The highest BCUT2D eigenvalue weighted by atomic mass is 16.5. The van der Waals surface area contributed by atoms with Gasteiger partial charge in [0, 0.05) is 11.5 Å². The molecule has 3 atom stereocenters. The number of aliphatic hydroxyl groups is 1. The predicted molar refractivity (Wildman–Crippen MR) is 92.9 cm³/mol. The summed E-state index contributed by atoms with van der Waals surface area (Å²) in [6, 6.07) is 0. The van der Waals surface area contributed by atoms with Crippen LogP contribution in [0.15, 0.2) is 47.1 Å². The SMILES string of the molecule is C=C1C(=O)O[C@H]2/C=C(\C)CC/C=C(\C)CC[C@H](O)/C(C)=C\C[C@@H]12. The molecule has 1 fully saturated rings. The van der Waals surface area contributed by atoms with Crippen molar-refractivity contribution in [2.45, 2.75) is 65.1 Å². The van der Waals surface area contributed by atoms with Crippen LogP contribution in [0.3, 0.4) is 0 Å². The van der Waals surface area contributed by atoms with Crippen molar-refractivity contribution in [1.82, 2.24) is 0 Å². The predicted octanol–water partition coefficient (Wildman–Crippen LogP) is 4.25. The van der Waals surface area contributed by atoms with Crippen molar-refractivity contribution >= 4 is 5.97 Å². The first-order valence-corrected chi connectivity index (χ1v) is 8.46. The Bertz CT molecular complexity index is 565. The molecule has 1 heterocycles. The molecule has 0 aromatic carbocycles. The van der Waals surface area contributed by atoms with Gasteiger partial charge in [-0.25, -0.2) is 4.79 Å². The molecule has 2 rings (SSSR count). The highest BCUT2D eigenvalue weighted by molar-refractivity contribution is 5.91. The lowest BCUT2D eigenvalue weighted by atomic mass is 9.90. The maximum Gasteiger partial charge on any atom is 0.334 e. The molecular formula is C20H28O3. The van der Waals surface area contributed by atoms with E-state index in [2.05, 4.69) is 32.6 Å². The molecule has 0 radical (unpaired) electrons. The fourth-order valence-corrected chi connectivity index (χ4v) is 3.11. The molecule has 2 aliphatic rings. The number of aliphatic hydroxyl groups excluding tert-OH is 1. The van der Waals surface area contributed by atoms with E-state index in [9.17, 15) is 9.90 Å². The Kier molecular flexibility index (Phi) is 6.00. The van der Waals surface area contributed by atoms with Crippen molar-refractivity contribution < 1.29 is 14.6 Å². The van der Waals surface area contributed by atoms with E-state index in [1.165, 1.54) is 11.1 Å². The molecule has 1 aliphatic carbocycles. The van der Waals surface area contributed by atoms with Crippen LogP contribution in [0.25, 0.3) is 0 Å². The van der Waals surface area contributed by atoms with Crippen LogP contribution in [0.2, 0.25) is 0 Å². The Morgan fingerprint density at radius 2 is 1.91 bits per heavy atom. The summed E-state index contributed by atoms with van der Waals surface area (Å²) in [6.45, 7) is 10.1. The number of carbonyl (C=O) groups is 1. The van der Waals surface area contributed by atoms with Gasteiger partial charge in [-0.15, -0.1) is 0 Å². The van der Waals surface area contributed by atoms with E-state index in [4.69, 9.17) is 4.74 Å². The molecule has 126 valence electrons. The van der Waals surface area contributed by atoms with E-state index in [1.54, 1.807) is 0 Å². The van der Waals surface area contributed by atoms with E-state index >= 15 is 0 Å². The molecule has 1 saturated heterocycles. The molecule has 1 N–H and O–H groups in total. The monoisotopic (exact) mass is 316 g/mol. The van der Waals surface area contributed by atoms with Gasteiger partial charge in [-0.05, 0) is 64.5 Å². The minimum absolute atomic E-state index is 0.0279. The van der Waals surface area contributed by atoms with Gasteiger partial charge in [0.05, 0.1) is 6.10 Å². The van der Waals surface area contributed by atoms with Crippen LogP contribution in [0.5, 0.6) is 0 Å². The molecule has 0 saturated carbocycles. The highest BCUT2D eigenvalue weighted by Gasteiger charge is 2.36. The van der Waals surface area contributed by atoms with Crippen LogP contribution in [0.4, 0.5) is 0 Å². The summed E-state index contributed by atoms with van der Waals surface area (Å²) < 4.78 is 5.47. The molecule has 0 aromatic rings. The van der Waals surface area contributed by atoms with E-state index < -0.39 is 6.10 Å². The zero-order chi connectivity index (χ0) is 17.0. The minimum atomic E-state index is -0.427. The van der Waals surface area contributed by atoms with Crippen LogP contribution >= 0.6 is 0 Å². The highest BCUT2D eigenvalue weighted by Crippen LogP contribution is 2.32. The lowest BCUT2D eigenvalue weighted by Crippen LogP contribution is -2.15. The molecule has 0 amide bonds. The van der Waals surface area contributed by atoms with Gasteiger partial charge in [0.15, 0.2) is 0 Å². The van der Waals surface area contributed by atoms with Gasteiger partial charge in [0.2, 0.25) is 0 Å². The molecule has 0 aromatic heterocycles. The lowest BCUT2D eigenvalue weighted by Gasteiger charge is -2.17. The molecule has 0 bridgehead atoms. The summed E-state index contributed by atoms with van der Waals surface area (Å²) in [5, 5.41) is 10.3. The molecule has 0 spiro atoms. The van der Waals surface area contributed by atoms with Crippen molar-refractivity contribution in [3.05, 3.63) is 47.1 Å². The van der Waals surface area contributed by atoms with E-state index in [0.29, 0.717) is 12.0 Å².